The quantitative estimate of drug-likeness (QED) is 0.791. The maximum Gasteiger partial charge on any atom is 0.357 e. The zero-order chi connectivity index (χ0) is 12.1. The summed E-state index contributed by atoms with van der Waals surface area (Å²) in [6, 6.07) is 0. The second-order valence-electron chi connectivity index (χ2n) is 3.15. The lowest BCUT2D eigenvalue weighted by Gasteiger charge is -1.99. The molecule has 0 aromatic carbocycles. The van der Waals surface area contributed by atoms with Crippen molar-refractivity contribution in [3.8, 4) is 0 Å². The largest absolute Gasteiger partial charge is 0.461 e. The van der Waals surface area contributed by atoms with Gasteiger partial charge in [0.25, 0.3) is 0 Å². The average Bonchev–Trinajstić information content (AvgIpc) is 2.98. The first kappa shape index (κ1) is 11.6. The first-order chi connectivity index (χ1) is 8.29. The second kappa shape index (κ2) is 5.44. The lowest BCUT2D eigenvalue weighted by atomic mass is 10.5. The number of imidazole rings is 1. The minimum absolute atomic E-state index is 0.332. The molecule has 0 unspecified atom stereocenters. The van der Waals surface area contributed by atoms with Crippen LogP contribution in [-0.4, -0.2) is 27.5 Å². The van der Waals surface area contributed by atoms with Crippen molar-refractivity contribution >= 4 is 22.4 Å². The van der Waals surface area contributed by atoms with Gasteiger partial charge in [-0.05, 0) is 6.92 Å². The van der Waals surface area contributed by atoms with Gasteiger partial charge in [-0.25, -0.2) is 14.8 Å². The first-order valence-electron chi connectivity index (χ1n) is 5.14. The maximum absolute atomic E-state index is 11.4. The number of ether oxygens (including phenoxy) is 1. The maximum atomic E-state index is 11.4. The van der Waals surface area contributed by atoms with E-state index in [1.165, 1.54) is 11.3 Å². The molecule has 17 heavy (non-hydrogen) atoms. The number of rotatable bonds is 5. The Labute approximate surface area is 102 Å². The molecule has 90 valence electrons. The standard InChI is InChI=1S/C10H12N4O2S/c1-2-16-9(15)7-6-17-10(14-7)13-5-8-11-3-4-12-8/h3-4,6H,2,5H2,1H3,(H,11,12)(H,13,14). The lowest BCUT2D eigenvalue weighted by molar-refractivity contribution is 0.0520. The number of anilines is 1. The Balaban J connectivity index is 1.92. The van der Waals surface area contributed by atoms with Crippen LogP contribution in [0.5, 0.6) is 0 Å². The molecule has 6 nitrogen and oxygen atoms in total. The van der Waals surface area contributed by atoms with Gasteiger partial charge in [0.2, 0.25) is 0 Å². The smallest absolute Gasteiger partial charge is 0.357 e. The highest BCUT2D eigenvalue weighted by Crippen LogP contribution is 2.16. The van der Waals surface area contributed by atoms with Crippen LogP contribution < -0.4 is 5.32 Å². The molecule has 0 saturated carbocycles. The van der Waals surface area contributed by atoms with Crippen LogP contribution in [0, 0.1) is 0 Å². The van der Waals surface area contributed by atoms with Gasteiger partial charge in [0.05, 0.1) is 13.2 Å². The van der Waals surface area contributed by atoms with Gasteiger partial charge in [-0.15, -0.1) is 11.3 Å². The highest BCUT2D eigenvalue weighted by Gasteiger charge is 2.11. The predicted molar refractivity (Wildman–Crippen MR) is 64.0 cm³/mol. The molecule has 0 aliphatic heterocycles. The summed E-state index contributed by atoms with van der Waals surface area (Å²) in [4.78, 5) is 22.5. The Kier molecular flexibility index (Phi) is 3.71. The van der Waals surface area contributed by atoms with E-state index in [4.69, 9.17) is 4.74 Å². The minimum atomic E-state index is -0.394. The Morgan fingerprint density at radius 1 is 1.65 bits per heavy atom. The van der Waals surface area contributed by atoms with Gasteiger partial charge in [-0.3, -0.25) is 0 Å². The molecule has 2 N–H and O–H groups in total. The van der Waals surface area contributed by atoms with Gasteiger partial charge in [-0.1, -0.05) is 0 Å². The van der Waals surface area contributed by atoms with Crippen molar-refractivity contribution in [3.63, 3.8) is 0 Å². The van der Waals surface area contributed by atoms with Crippen molar-refractivity contribution in [2.75, 3.05) is 11.9 Å². The Morgan fingerprint density at radius 3 is 3.24 bits per heavy atom. The molecule has 2 aromatic rings. The van der Waals surface area contributed by atoms with E-state index in [9.17, 15) is 4.79 Å². The third-order valence-electron chi connectivity index (χ3n) is 1.95. The minimum Gasteiger partial charge on any atom is -0.461 e. The molecule has 2 rings (SSSR count). The number of carbonyl (C=O) groups is 1. The predicted octanol–water partition coefficient (Wildman–Crippen LogP) is 1.65. The fourth-order valence-electron chi connectivity index (χ4n) is 1.21. The van der Waals surface area contributed by atoms with Crippen molar-refractivity contribution < 1.29 is 9.53 Å². The van der Waals surface area contributed by atoms with Crippen LogP contribution in [0.4, 0.5) is 5.13 Å². The molecular formula is C10H12N4O2S. The van der Waals surface area contributed by atoms with Crippen LogP contribution in [0.15, 0.2) is 17.8 Å². The third-order valence-corrected chi connectivity index (χ3v) is 2.75. The zero-order valence-electron chi connectivity index (χ0n) is 9.27. The fraction of sp³-hybridized carbons (Fsp3) is 0.300. The molecule has 7 heteroatoms. The molecule has 0 aliphatic rings. The number of H-pyrrole nitrogens is 1. The zero-order valence-corrected chi connectivity index (χ0v) is 10.1. The monoisotopic (exact) mass is 252 g/mol. The van der Waals surface area contributed by atoms with E-state index in [1.54, 1.807) is 24.7 Å². The summed E-state index contributed by atoms with van der Waals surface area (Å²) in [7, 11) is 0. The number of carbonyl (C=O) groups excluding carboxylic acids is 1. The first-order valence-corrected chi connectivity index (χ1v) is 6.02. The summed E-state index contributed by atoms with van der Waals surface area (Å²) in [6.07, 6.45) is 3.44. The van der Waals surface area contributed by atoms with Crippen LogP contribution in [-0.2, 0) is 11.3 Å². The fourth-order valence-corrected chi connectivity index (χ4v) is 1.89. The summed E-state index contributed by atoms with van der Waals surface area (Å²) >= 11 is 1.36. The summed E-state index contributed by atoms with van der Waals surface area (Å²) in [5.41, 5.74) is 0.332. The van der Waals surface area contributed by atoms with Crippen LogP contribution >= 0.6 is 11.3 Å². The van der Waals surface area contributed by atoms with Gasteiger partial charge in [0.15, 0.2) is 10.8 Å². The number of aromatic nitrogens is 3. The summed E-state index contributed by atoms with van der Waals surface area (Å²) in [6.45, 7) is 2.66. The van der Waals surface area contributed by atoms with E-state index >= 15 is 0 Å². The van der Waals surface area contributed by atoms with Crippen molar-refractivity contribution in [1.29, 1.82) is 0 Å². The second-order valence-corrected chi connectivity index (χ2v) is 4.01. The summed E-state index contributed by atoms with van der Waals surface area (Å²) in [5.74, 6) is 0.424. The van der Waals surface area contributed by atoms with Crippen LogP contribution in [0.3, 0.4) is 0 Å². The Hall–Kier alpha value is -1.89. The van der Waals surface area contributed by atoms with Gasteiger partial charge in [0.1, 0.15) is 5.82 Å². The molecule has 0 spiro atoms. The van der Waals surface area contributed by atoms with Crippen molar-refractivity contribution in [2.45, 2.75) is 13.5 Å². The topological polar surface area (TPSA) is 79.9 Å². The van der Waals surface area contributed by atoms with E-state index in [0.717, 1.165) is 5.82 Å². The molecule has 0 saturated heterocycles. The van der Waals surface area contributed by atoms with Crippen molar-refractivity contribution in [3.05, 3.63) is 29.3 Å². The van der Waals surface area contributed by atoms with Crippen LogP contribution in [0.2, 0.25) is 0 Å². The van der Waals surface area contributed by atoms with Gasteiger partial charge in [-0.2, -0.15) is 0 Å². The van der Waals surface area contributed by atoms with Crippen LogP contribution in [0.1, 0.15) is 23.2 Å². The third kappa shape index (κ3) is 3.04. The van der Waals surface area contributed by atoms with E-state index in [2.05, 4.69) is 20.3 Å². The summed E-state index contributed by atoms with van der Waals surface area (Å²) < 4.78 is 4.85. The van der Waals surface area contributed by atoms with E-state index in [-0.39, 0.29) is 0 Å². The number of thiazole rings is 1. The number of aromatic amines is 1. The van der Waals surface area contributed by atoms with E-state index in [0.29, 0.717) is 24.0 Å². The van der Waals surface area contributed by atoms with Crippen molar-refractivity contribution in [2.24, 2.45) is 0 Å². The number of hydrogen-bond donors (Lipinski definition) is 2. The average molecular weight is 252 g/mol. The molecule has 2 heterocycles. The summed E-state index contributed by atoms with van der Waals surface area (Å²) in [5, 5.41) is 5.41. The highest BCUT2D eigenvalue weighted by atomic mass is 32.1. The highest BCUT2D eigenvalue weighted by molar-refractivity contribution is 7.13. The molecule has 0 amide bonds. The van der Waals surface area contributed by atoms with E-state index in [1.807, 2.05) is 0 Å². The lowest BCUT2D eigenvalue weighted by Crippen LogP contribution is -2.06. The van der Waals surface area contributed by atoms with Gasteiger partial charge >= 0.3 is 5.97 Å². The van der Waals surface area contributed by atoms with Gasteiger partial charge in [0, 0.05) is 17.8 Å². The molecular weight excluding hydrogens is 240 g/mol. The van der Waals surface area contributed by atoms with E-state index < -0.39 is 5.97 Å². The molecule has 0 bridgehead atoms. The molecule has 2 aromatic heterocycles. The SMILES string of the molecule is CCOC(=O)c1csc(NCc2ncc[nH]2)n1. The van der Waals surface area contributed by atoms with Crippen molar-refractivity contribution in [1.82, 2.24) is 15.0 Å². The van der Waals surface area contributed by atoms with Gasteiger partial charge < -0.3 is 15.0 Å². The number of hydrogen-bond acceptors (Lipinski definition) is 6. The van der Waals surface area contributed by atoms with Crippen LogP contribution in [0.25, 0.3) is 0 Å². The molecule has 0 radical (unpaired) electrons. The Bertz CT molecular complexity index is 480. The normalized spacial score (nSPS) is 10.2. The number of esters is 1. The Morgan fingerprint density at radius 2 is 2.53 bits per heavy atom. The molecule has 0 fully saturated rings. The molecule has 0 atom stereocenters. The molecule has 0 aliphatic carbocycles. The number of nitrogens with zero attached hydrogens (tertiary/aromatic N) is 2. The number of nitrogens with one attached hydrogen (secondary N) is 2.